The van der Waals surface area contributed by atoms with E-state index in [0.29, 0.717) is 5.69 Å². The Bertz CT molecular complexity index is 358. The molecule has 88 valence electrons. The second-order valence-corrected chi connectivity index (χ2v) is 5.12. The van der Waals surface area contributed by atoms with Crippen molar-refractivity contribution in [2.24, 2.45) is 0 Å². The van der Waals surface area contributed by atoms with Gasteiger partial charge in [-0.1, -0.05) is 0 Å². The van der Waals surface area contributed by atoms with Gasteiger partial charge in [0.1, 0.15) is 5.69 Å². The van der Waals surface area contributed by atoms with Gasteiger partial charge in [-0.05, 0) is 32.9 Å². The molecule has 16 heavy (non-hydrogen) atoms. The van der Waals surface area contributed by atoms with Crippen LogP contribution in [0.15, 0.2) is 5.38 Å². The highest BCUT2D eigenvalue weighted by Crippen LogP contribution is 2.08. The second kappa shape index (κ2) is 5.41. The fourth-order valence-electron chi connectivity index (χ4n) is 1.89. The molecule has 0 radical (unpaired) electrons. The molecular formula is C11H17N3OS. The molecule has 0 bridgehead atoms. The Hall–Kier alpha value is -0.940. The largest absolute Gasteiger partial charge is 0.349 e. The number of likely N-dealkylation sites (tertiary alicyclic amines) is 1. The third kappa shape index (κ3) is 3.02. The van der Waals surface area contributed by atoms with Crippen LogP contribution in [-0.2, 0) is 0 Å². The van der Waals surface area contributed by atoms with Gasteiger partial charge < -0.3 is 10.2 Å². The van der Waals surface area contributed by atoms with E-state index < -0.39 is 0 Å². The summed E-state index contributed by atoms with van der Waals surface area (Å²) in [7, 11) is 0. The SMILES string of the molecule is Cc1nc(C(=O)NCCN2CCCC2)cs1. The summed E-state index contributed by atoms with van der Waals surface area (Å²) in [4.78, 5) is 18.2. The summed E-state index contributed by atoms with van der Waals surface area (Å²) in [5.74, 6) is -0.0523. The van der Waals surface area contributed by atoms with E-state index in [1.54, 1.807) is 5.38 Å². The number of hydrogen-bond acceptors (Lipinski definition) is 4. The average Bonchev–Trinajstić information content (AvgIpc) is 2.89. The van der Waals surface area contributed by atoms with Crippen molar-refractivity contribution in [2.75, 3.05) is 26.2 Å². The zero-order chi connectivity index (χ0) is 11.4. The Morgan fingerprint density at radius 3 is 2.94 bits per heavy atom. The molecule has 1 N–H and O–H groups in total. The summed E-state index contributed by atoms with van der Waals surface area (Å²) in [6.07, 6.45) is 2.58. The van der Waals surface area contributed by atoms with Gasteiger partial charge in [0.2, 0.25) is 0 Å². The standard InChI is InChI=1S/C11H17N3OS/c1-9-13-10(8-16-9)11(15)12-4-7-14-5-2-3-6-14/h8H,2-7H2,1H3,(H,12,15). The third-order valence-corrected chi connectivity index (χ3v) is 3.54. The molecule has 5 heteroatoms. The van der Waals surface area contributed by atoms with Crippen LogP contribution in [0.3, 0.4) is 0 Å². The van der Waals surface area contributed by atoms with Crippen LogP contribution in [-0.4, -0.2) is 42.0 Å². The number of rotatable bonds is 4. The van der Waals surface area contributed by atoms with Gasteiger partial charge >= 0.3 is 0 Å². The van der Waals surface area contributed by atoms with Crippen LogP contribution in [0.5, 0.6) is 0 Å². The molecule has 1 saturated heterocycles. The van der Waals surface area contributed by atoms with Gasteiger partial charge in [0, 0.05) is 18.5 Å². The summed E-state index contributed by atoms with van der Waals surface area (Å²) in [6.45, 7) is 5.92. The van der Waals surface area contributed by atoms with E-state index >= 15 is 0 Å². The third-order valence-electron chi connectivity index (χ3n) is 2.76. The molecule has 1 amide bonds. The van der Waals surface area contributed by atoms with Crippen molar-refractivity contribution in [3.05, 3.63) is 16.1 Å². The van der Waals surface area contributed by atoms with Crippen LogP contribution in [0.2, 0.25) is 0 Å². The first-order valence-electron chi connectivity index (χ1n) is 5.68. The van der Waals surface area contributed by atoms with Crippen molar-refractivity contribution in [3.8, 4) is 0 Å². The number of carbonyl (C=O) groups is 1. The summed E-state index contributed by atoms with van der Waals surface area (Å²) in [6, 6.07) is 0. The minimum atomic E-state index is -0.0523. The van der Waals surface area contributed by atoms with Crippen LogP contribution in [0.25, 0.3) is 0 Å². The predicted octanol–water partition coefficient (Wildman–Crippen LogP) is 1.28. The highest BCUT2D eigenvalue weighted by molar-refractivity contribution is 7.09. The van der Waals surface area contributed by atoms with E-state index in [0.717, 1.165) is 18.1 Å². The van der Waals surface area contributed by atoms with Gasteiger partial charge in [-0.2, -0.15) is 0 Å². The highest BCUT2D eigenvalue weighted by Gasteiger charge is 2.12. The van der Waals surface area contributed by atoms with Crippen LogP contribution < -0.4 is 5.32 Å². The molecule has 0 unspecified atom stereocenters. The van der Waals surface area contributed by atoms with Crippen molar-refractivity contribution in [2.45, 2.75) is 19.8 Å². The molecule has 1 aliphatic rings. The van der Waals surface area contributed by atoms with Gasteiger partial charge in [-0.25, -0.2) is 4.98 Å². The molecule has 0 spiro atoms. The van der Waals surface area contributed by atoms with Crippen LogP contribution in [0.4, 0.5) is 0 Å². The Morgan fingerprint density at radius 2 is 2.31 bits per heavy atom. The molecule has 0 aliphatic carbocycles. The first-order chi connectivity index (χ1) is 7.75. The zero-order valence-electron chi connectivity index (χ0n) is 9.53. The van der Waals surface area contributed by atoms with Gasteiger partial charge in [0.05, 0.1) is 5.01 Å². The second-order valence-electron chi connectivity index (χ2n) is 4.06. The maximum atomic E-state index is 11.6. The van der Waals surface area contributed by atoms with E-state index in [9.17, 15) is 4.79 Å². The maximum absolute atomic E-state index is 11.6. The minimum absolute atomic E-state index is 0.0523. The quantitative estimate of drug-likeness (QED) is 0.861. The number of hydrogen-bond donors (Lipinski definition) is 1. The number of nitrogens with zero attached hydrogens (tertiary/aromatic N) is 2. The lowest BCUT2D eigenvalue weighted by Crippen LogP contribution is -2.33. The minimum Gasteiger partial charge on any atom is -0.349 e. The average molecular weight is 239 g/mol. The molecule has 1 fully saturated rings. The fraction of sp³-hybridized carbons (Fsp3) is 0.636. The van der Waals surface area contributed by atoms with Crippen molar-refractivity contribution in [1.82, 2.24) is 15.2 Å². The number of amides is 1. The normalized spacial score (nSPS) is 16.6. The van der Waals surface area contributed by atoms with Gasteiger partial charge in [0.15, 0.2) is 0 Å². The van der Waals surface area contributed by atoms with E-state index in [2.05, 4.69) is 15.2 Å². The summed E-state index contributed by atoms with van der Waals surface area (Å²) in [5.41, 5.74) is 0.545. The number of aryl methyl sites for hydroxylation is 1. The fourth-order valence-corrected chi connectivity index (χ4v) is 2.49. The predicted molar refractivity (Wildman–Crippen MR) is 64.9 cm³/mol. The smallest absolute Gasteiger partial charge is 0.270 e. The van der Waals surface area contributed by atoms with Crippen molar-refractivity contribution < 1.29 is 4.79 Å². The summed E-state index contributed by atoms with van der Waals surface area (Å²) in [5, 5.41) is 5.64. The molecule has 0 atom stereocenters. The maximum Gasteiger partial charge on any atom is 0.270 e. The molecule has 0 aromatic carbocycles. The lowest BCUT2D eigenvalue weighted by molar-refractivity contribution is 0.0945. The van der Waals surface area contributed by atoms with Crippen molar-refractivity contribution >= 4 is 17.2 Å². The van der Waals surface area contributed by atoms with E-state index in [-0.39, 0.29) is 5.91 Å². The van der Waals surface area contributed by atoms with E-state index in [1.807, 2.05) is 6.92 Å². The first kappa shape index (κ1) is 11.5. The summed E-state index contributed by atoms with van der Waals surface area (Å²) < 4.78 is 0. The molecule has 4 nitrogen and oxygen atoms in total. The molecular weight excluding hydrogens is 222 g/mol. The van der Waals surface area contributed by atoms with Crippen LogP contribution >= 0.6 is 11.3 Å². The van der Waals surface area contributed by atoms with E-state index in [1.165, 1.54) is 37.3 Å². The number of carbonyl (C=O) groups excluding carboxylic acids is 1. The topological polar surface area (TPSA) is 45.2 Å². The Kier molecular flexibility index (Phi) is 3.90. The number of nitrogens with one attached hydrogen (secondary N) is 1. The van der Waals surface area contributed by atoms with Gasteiger partial charge in [-0.15, -0.1) is 11.3 Å². The first-order valence-corrected chi connectivity index (χ1v) is 6.56. The molecule has 1 aromatic rings. The van der Waals surface area contributed by atoms with Crippen LogP contribution in [0.1, 0.15) is 28.3 Å². The molecule has 1 aliphatic heterocycles. The zero-order valence-corrected chi connectivity index (χ0v) is 10.3. The highest BCUT2D eigenvalue weighted by atomic mass is 32.1. The molecule has 0 saturated carbocycles. The Balaban J connectivity index is 1.71. The van der Waals surface area contributed by atoms with E-state index in [4.69, 9.17) is 0 Å². The molecule has 1 aromatic heterocycles. The molecule has 2 rings (SSSR count). The van der Waals surface area contributed by atoms with Gasteiger partial charge in [-0.3, -0.25) is 4.79 Å². The Morgan fingerprint density at radius 1 is 1.56 bits per heavy atom. The van der Waals surface area contributed by atoms with Crippen molar-refractivity contribution in [3.63, 3.8) is 0 Å². The number of aromatic nitrogens is 1. The molecule has 2 heterocycles. The lowest BCUT2D eigenvalue weighted by Gasteiger charge is -2.14. The monoisotopic (exact) mass is 239 g/mol. The van der Waals surface area contributed by atoms with Crippen LogP contribution in [0, 0.1) is 6.92 Å². The summed E-state index contributed by atoms with van der Waals surface area (Å²) >= 11 is 1.51. The number of thiazole rings is 1. The lowest BCUT2D eigenvalue weighted by atomic mass is 10.4. The van der Waals surface area contributed by atoms with Gasteiger partial charge in [0.25, 0.3) is 5.91 Å². The van der Waals surface area contributed by atoms with Crippen molar-refractivity contribution in [1.29, 1.82) is 0 Å². The Labute approximate surface area is 99.7 Å².